The maximum absolute atomic E-state index is 13.0. The first kappa shape index (κ1) is 17.1. The highest BCUT2D eigenvalue weighted by Gasteiger charge is 2.59. The number of benzene rings is 2. The number of allylic oxidation sites excluding steroid dienone is 2. The van der Waals surface area contributed by atoms with Crippen LogP contribution in [-0.4, -0.2) is 17.6 Å². The van der Waals surface area contributed by atoms with Gasteiger partial charge in [-0.1, -0.05) is 36.4 Å². The average Bonchev–Trinajstić information content (AvgIpc) is 3.37. The van der Waals surface area contributed by atoms with Gasteiger partial charge in [-0.25, -0.2) is 4.90 Å². The number of imide groups is 1. The molecule has 3 aliphatic rings. The second-order valence-corrected chi connectivity index (χ2v) is 8.19. The predicted molar refractivity (Wildman–Crippen MR) is 106 cm³/mol. The molecule has 4 nitrogen and oxygen atoms in total. The Morgan fingerprint density at radius 3 is 2.14 bits per heavy atom. The Kier molecular flexibility index (Phi) is 3.66. The molecule has 4 heteroatoms. The lowest BCUT2D eigenvalue weighted by molar-refractivity contribution is -0.123. The van der Waals surface area contributed by atoms with Crippen LogP contribution < -0.4 is 4.90 Å². The highest BCUT2D eigenvalue weighted by Crippen LogP contribution is 2.53. The third kappa shape index (κ3) is 2.34. The average molecular weight is 371 g/mol. The van der Waals surface area contributed by atoms with Gasteiger partial charge < -0.3 is 0 Å². The minimum atomic E-state index is -0.235. The van der Waals surface area contributed by atoms with Crippen LogP contribution in [0.15, 0.2) is 54.6 Å². The van der Waals surface area contributed by atoms with E-state index in [2.05, 4.69) is 12.2 Å². The number of nitrogens with zero attached hydrogens (tertiary/aromatic N) is 1. The summed E-state index contributed by atoms with van der Waals surface area (Å²) in [6.07, 6.45) is 5.08. The van der Waals surface area contributed by atoms with Crippen molar-refractivity contribution in [2.24, 2.45) is 23.7 Å². The van der Waals surface area contributed by atoms with E-state index in [0.717, 1.165) is 17.5 Å². The molecule has 2 aliphatic carbocycles. The second-order valence-electron chi connectivity index (χ2n) is 8.19. The Morgan fingerprint density at radius 2 is 1.50 bits per heavy atom. The smallest absolute Gasteiger partial charge is 0.238 e. The van der Waals surface area contributed by atoms with E-state index in [1.165, 1.54) is 4.90 Å². The maximum Gasteiger partial charge on any atom is 0.238 e. The molecule has 0 radical (unpaired) electrons. The number of carbonyl (C=O) groups is 3. The molecule has 0 N–H and O–H groups in total. The van der Waals surface area contributed by atoms with Gasteiger partial charge in [0.05, 0.1) is 17.5 Å². The minimum absolute atomic E-state index is 0.106. The molecule has 1 aliphatic heterocycles. The summed E-state index contributed by atoms with van der Waals surface area (Å²) in [6.45, 7) is 3.98. The standard InChI is InChI=1S/C24H21NO3/c1-13-6-7-18(10-14(13)2)22(26)17-4-3-5-19(12-17)25-23(27)20-15-8-9-16(11-15)21(20)24(25)28/h3-10,12,15-16,20-21H,11H2,1-2H3/t15-,16+,20-,21+. The SMILES string of the molecule is Cc1ccc(C(=O)c2cccc(N3C(=O)[C@@H]4[C@H](C3=O)[C@@H]3C=C[C@H]4C3)c2)cc1C. The van der Waals surface area contributed by atoms with Gasteiger partial charge in [0.15, 0.2) is 5.78 Å². The van der Waals surface area contributed by atoms with Crippen LogP contribution in [0.5, 0.6) is 0 Å². The lowest BCUT2D eigenvalue weighted by Gasteiger charge is -2.18. The van der Waals surface area contributed by atoms with E-state index in [1.807, 2.05) is 32.0 Å². The third-order valence-corrected chi connectivity index (χ3v) is 6.61. The molecular weight excluding hydrogens is 350 g/mol. The molecule has 0 unspecified atom stereocenters. The fourth-order valence-electron chi connectivity index (χ4n) is 4.99. The summed E-state index contributed by atoms with van der Waals surface area (Å²) in [4.78, 5) is 40.3. The first-order valence-electron chi connectivity index (χ1n) is 9.74. The molecule has 2 bridgehead atoms. The van der Waals surface area contributed by atoms with Crippen LogP contribution in [0.25, 0.3) is 0 Å². The molecule has 2 aromatic rings. The van der Waals surface area contributed by atoms with Crippen molar-refractivity contribution in [3.8, 4) is 0 Å². The molecule has 0 aromatic heterocycles. The van der Waals surface area contributed by atoms with Crippen molar-refractivity contribution >= 4 is 23.3 Å². The van der Waals surface area contributed by atoms with Gasteiger partial charge in [0.2, 0.25) is 11.8 Å². The van der Waals surface area contributed by atoms with Crippen LogP contribution in [0, 0.1) is 37.5 Å². The van der Waals surface area contributed by atoms with Crippen LogP contribution in [0.1, 0.15) is 33.5 Å². The molecule has 0 spiro atoms. The van der Waals surface area contributed by atoms with Crippen LogP contribution in [0.4, 0.5) is 5.69 Å². The molecule has 4 atom stereocenters. The van der Waals surface area contributed by atoms with E-state index in [0.29, 0.717) is 16.8 Å². The van der Waals surface area contributed by atoms with Gasteiger partial charge in [-0.3, -0.25) is 14.4 Å². The van der Waals surface area contributed by atoms with E-state index in [4.69, 9.17) is 0 Å². The number of hydrogen-bond acceptors (Lipinski definition) is 3. The van der Waals surface area contributed by atoms with E-state index in [-0.39, 0.29) is 41.3 Å². The van der Waals surface area contributed by atoms with Crippen molar-refractivity contribution in [3.05, 3.63) is 76.9 Å². The fraction of sp³-hybridized carbons (Fsp3) is 0.292. The zero-order valence-electron chi connectivity index (χ0n) is 15.9. The van der Waals surface area contributed by atoms with Gasteiger partial charge in [0, 0.05) is 11.1 Å². The highest BCUT2D eigenvalue weighted by molar-refractivity contribution is 6.23. The summed E-state index contributed by atoms with van der Waals surface area (Å²) in [5.41, 5.74) is 3.78. The van der Waals surface area contributed by atoms with Crippen LogP contribution in [-0.2, 0) is 9.59 Å². The summed E-state index contributed by atoms with van der Waals surface area (Å²) in [6, 6.07) is 12.5. The first-order chi connectivity index (χ1) is 13.5. The Morgan fingerprint density at radius 1 is 0.857 bits per heavy atom. The van der Waals surface area contributed by atoms with Crippen molar-refractivity contribution < 1.29 is 14.4 Å². The minimum Gasteiger partial charge on any atom is -0.289 e. The summed E-state index contributed by atoms with van der Waals surface area (Å²) >= 11 is 0. The third-order valence-electron chi connectivity index (χ3n) is 6.61. The molecular formula is C24H21NO3. The highest BCUT2D eigenvalue weighted by atomic mass is 16.2. The van der Waals surface area contributed by atoms with E-state index < -0.39 is 0 Å². The Balaban J connectivity index is 1.48. The molecule has 2 aromatic carbocycles. The quantitative estimate of drug-likeness (QED) is 0.468. The molecule has 1 saturated carbocycles. The van der Waals surface area contributed by atoms with Crippen molar-refractivity contribution in [3.63, 3.8) is 0 Å². The Labute approximate surface area is 163 Å². The number of anilines is 1. The summed E-state index contributed by atoms with van der Waals surface area (Å²) in [5, 5.41) is 0. The van der Waals surface area contributed by atoms with Gasteiger partial charge in [-0.15, -0.1) is 0 Å². The summed E-state index contributed by atoms with van der Waals surface area (Å²) in [5.74, 6) is -0.465. The lowest BCUT2D eigenvalue weighted by Crippen LogP contribution is -2.33. The largest absolute Gasteiger partial charge is 0.289 e. The number of rotatable bonds is 3. The number of ketones is 1. The predicted octanol–water partition coefficient (Wildman–Crippen LogP) is 3.85. The van der Waals surface area contributed by atoms with Crippen molar-refractivity contribution in [2.75, 3.05) is 4.90 Å². The molecule has 140 valence electrons. The van der Waals surface area contributed by atoms with Crippen molar-refractivity contribution in [2.45, 2.75) is 20.3 Å². The van der Waals surface area contributed by atoms with Gasteiger partial charge in [0.1, 0.15) is 0 Å². The monoisotopic (exact) mass is 371 g/mol. The normalized spacial score (nSPS) is 27.6. The zero-order valence-corrected chi connectivity index (χ0v) is 15.9. The number of aryl methyl sites for hydroxylation is 2. The molecule has 2 fully saturated rings. The Hall–Kier alpha value is -3.01. The van der Waals surface area contributed by atoms with Crippen LogP contribution in [0.2, 0.25) is 0 Å². The van der Waals surface area contributed by atoms with Crippen LogP contribution in [0.3, 0.4) is 0 Å². The molecule has 1 saturated heterocycles. The van der Waals surface area contributed by atoms with E-state index >= 15 is 0 Å². The van der Waals surface area contributed by atoms with E-state index in [9.17, 15) is 14.4 Å². The molecule has 28 heavy (non-hydrogen) atoms. The van der Waals surface area contributed by atoms with Crippen molar-refractivity contribution in [1.82, 2.24) is 0 Å². The molecule has 5 rings (SSSR count). The Bertz CT molecular complexity index is 1040. The fourth-order valence-corrected chi connectivity index (χ4v) is 4.99. The molecule has 1 heterocycles. The van der Waals surface area contributed by atoms with Gasteiger partial charge in [-0.2, -0.15) is 0 Å². The number of carbonyl (C=O) groups excluding carboxylic acids is 3. The summed E-state index contributed by atoms with van der Waals surface area (Å²) in [7, 11) is 0. The molecule has 2 amide bonds. The van der Waals surface area contributed by atoms with Gasteiger partial charge in [-0.05, 0) is 61.4 Å². The topological polar surface area (TPSA) is 54.5 Å². The van der Waals surface area contributed by atoms with Gasteiger partial charge >= 0.3 is 0 Å². The van der Waals surface area contributed by atoms with Crippen LogP contribution >= 0.6 is 0 Å². The summed E-state index contributed by atoms with van der Waals surface area (Å²) < 4.78 is 0. The second kappa shape index (κ2) is 5.99. The number of amides is 2. The van der Waals surface area contributed by atoms with Gasteiger partial charge in [0.25, 0.3) is 0 Å². The maximum atomic E-state index is 13.0. The lowest BCUT2D eigenvalue weighted by atomic mass is 9.85. The van der Waals surface area contributed by atoms with Crippen molar-refractivity contribution in [1.29, 1.82) is 0 Å². The number of hydrogen-bond donors (Lipinski definition) is 0. The zero-order chi connectivity index (χ0) is 19.6. The van der Waals surface area contributed by atoms with E-state index in [1.54, 1.807) is 24.3 Å². The first-order valence-corrected chi connectivity index (χ1v) is 9.74. The number of fused-ring (bicyclic) bond motifs is 5.